The second-order valence-corrected chi connectivity index (χ2v) is 5.97. The number of thiophene rings is 1. The highest BCUT2D eigenvalue weighted by molar-refractivity contribution is 7.13. The minimum absolute atomic E-state index is 0.164. The van der Waals surface area contributed by atoms with Crippen molar-refractivity contribution in [2.75, 3.05) is 13.2 Å². The van der Waals surface area contributed by atoms with Crippen LogP contribution < -0.4 is 5.32 Å². The zero-order chi connectivity index (χ0) is 14.6. The van der Waals surface area contributed by atoms with Crippen molar-refractivity contribution in [3.63, 3.8) is 0 Å². The molecule has 0 amide bonds. The van der Waals surface area contributed by atoms with Crippen LogP contribution in [0.2, 0.25) is 0 Å². The van der Waals surface area contributed by atoms with Crippen LogP contribution in [0.25, 0.3) is 10.4 Å². The average Bonchev–Trinajstić information content (AvgIpc) is 3.00. The quantitative estimate of drug-likeness (QED) is 0.767. The average molecular weight is 295 g/mol. The van der Waals surface area contributed by atoms with Crippen LogP contribution in [0.15, 0.2) is 35.7 Å². The summed E-state index contributed by atoms with van der Waals surface area (Å²) in [5.74, 6) is -0.247. The van der Waals surface area contributed by atoms with Crippen molar-refractivity contribution >= 4 is 11.3 Å². The Labute approximate surface area is 121 Å². The van der Waals surface area contributed by atoms with Gasteiger partial charge in [-0.25, -0.2) is 4.39 Å². The summed E-state index contributed by atoms with van der Waals surface area (Å²) in [5, 5.41) is 23.5. The smallest absolute Gasteiger partial charge is 0.131 e. The van der Waals surface area contributed by atoms with Crippen LogP contribution in [0, 0.1) is 5.82 Å². The lowest BCUT2D eigenvalue weighted by molar-refractivity contribution is 0.103. The molecular weight excluding hydrogens is 277 g/mol. The summed E-state index contributed by atoms with van der Waals surface area (Å²) in [7, 11) is 0. The minimum atomic E-state index is -0.739. The first kappa shape index (κ1) is 15.1. The maximum atomic E-state index is 13.8. The second kappa shape index (κ2) is 6.45. The second-order valence-electron chi connectivity index (χ2n) is 5.02. The number of aliphatic hydroxyl groups excluding tert-OH is 2. The van der Waals surface area contributed by atoms with Gasteiger partial charge in [0.05, 0.1) is 18.8 Å². The molecule has 3 N–H and O–H groups in total. The molecule has 20 heavy (non-hydrogen) atoms. The summed E-state index contributed by atoms with van der Waals surface area (Å²) in [6, 6.07) is 8.71. The van der Waals surface area contributed by atoms with Gasteiger partial charge in [0.25, 0.3) is 0 Å². The van der Waals surface area contributed by atoms with Gasteiger partial charge in [0.1, 0.15) is 5.82 Å². The van der Waals surface area contributed by atoms with Gasteiger partial charge in [-0.1, -0.05) is 12.1 Å². The lowest BCUT2D eigenvalue weighted by Crippen LogP contribution is -2.48. The van der Waals surface area contributed by atoms with E-state index in [1.54, 1.807) is 19.1 Å². The topological polar surface area (TPSA) is 52.5 Å². The lowest BCUT2D eigenvalue weighted by Gasteiger charge is -2.26. The largest absolute Gasteiger partial charge is 0.394 e. The van der Waals surface area contributed by atoms with Gasteiger partial charge in [-0.3, -0.25) is 0 Å². The number of rotatable bonds is 6. The third kappa shape index (κ3) is 3.43. The molecule has 0 radical (unpaired) electrons. The van der Waals surface area contributed by atoms with Crippen molar-refractivity contribution in [1.82, 2.24) is 5.32 Å². The van der Waals surface area contributed by atoms with Crippen LogP contribution in [0.5, 0.6) is 0 Å². The Morgan fingerprint density at radius 3 is 2.60 bits per heavy atom. The van der Waals surface area contributed by atoms with Gasteiger partial charge < -0.3 is 15.5 Å². The van der Waals surface area contributed by atoms with Crippen molar-refractivity contribution in [3.8, 4) is 10.4 Å². The summed E-state index contributed by atoms with van der Waals surface area (Å²) in [4.78, 5) is 0.886. The summed E-state index contributed by atoms with van der Waals surface area (Å²) in [5.41, 5.74) is 0.745. The Bertz CT molecular complexity index is 553. The number of aliphatic hydroxyl groups is 2. The third-order valence-corrected chi connectivity index (χ3v) is 4.14. The molecule has 0 unspecified atom stereocenters. The number of hydrogen-bond acceptors (Lipinski definition) is 4. The van der Waals surface area contributed by atoms with Crippen LogP contribution in [0.3, 0.4) is 0 Å². The summed E-state index contributed by atoms with van der Waals surface area (Å²) >= 11 is 1.49. The SMILES string of the molecule is CC(CO)(CO)NCc1ccc(F)c(-c2cccs2)c1. The highest BCUT2D eigenvalue weighted by Crippen LogP contribution is 2.28. The van der Waals surface area contributed by atoms with Gasteiger partial charge in [0.2, 0.25) is 0 Å². The van der Waals surface area contributed by atoms with E-state index in [0.717, 1.165) is 10.4 Å². The van der Waals surface area contributed by atoms with Crippen LogP contribution in [0.1, 0.15) is 12.5 Å². The molecule has 0 aliphatic rings. The highest BCUT2D eigenvalue weighted by Gasteiger charge is 2.21. The first-order chi connectivity index (χ1) is 9.58. The maximum Gasteiger partial charge on any atom is 0.131 e. The fourth-order valence-corrected chi connectivity index (χ4v) is 2.52. The van der Waals surface area contributed by atoms with Gasteiger partial charge in [0, 0.05) is 17.0 Å². The zero-order valence-electron chi connectivity index (χ0n) is 11.3. The molecule has 108 valence electrons. The van der Waals surface area contributed by atoms with E-state index in [-0.39, 0.29) is 19.0 Å². The van der Waals surface area contributed by atoms with Crippen LogP contribution in [-0.2, 0) is 6.54 Å². The molecule has 0 spiro atoms. The van der Waals surface area contributed by atoms with E-state index < -0.39 is 5.54 Å². The number of hydrogen-bond donors (Lipinski definition) is 3. The van der Waals surface area contributed by atoms with E-state index in [1.165, 1.54) is 17.4 Å². The Morgan fingerprint density at radius 1 is 1.25 bits per heavy atom. The van der Waals surface area contributed by atoms with Crippen LogP contribution in [0.4, 0.5) is 4.39 Å². The molecule has 1 aromatic carbocycles. The Hall–Kier alpha value is -1.27. The Balaban J connectivity index is 2.16. The van der Waals surface area contributed by atoms with Crippen molar-refractivity contribution in [3.05, 3.63) is 47.1 Å². The predicted octanol–water partition coefficient (Wildman–Crippen LogP) is 2.39. The fraction of sp³-hybridized carbons (Fsp3) is 0.333. The van der Waals surface area contributed by atoms with Crippen molar-refractivity contribution in [2.45, 2.75) is 19.0 Å². The van der Waals surface area contributed by atoms with E-state index in [0.29, 0.717) is 12.1 Å². The lowest BCUT2D eigenvalue weighted by atomic mass is 10.0. The first-order valence-corrected chi connectivity index (χ1v) is 7.25. The summed E-state index contributed by atoms with van der Waals surface area (Å²) in [6.07, 6.45) is 0. The van der Waals surface area contributed by atoms with E-state index in [2.05, 4.69) is 5.32 Å². The van der Waals surface area contributed by atoms with Gasteiger partial charge in [-0.15, -0.1) is 11.3 Å². The molecule has 2 rings (SSSR count). The van der Waals surface area contributed by atoms with Crippen LogP contribution in [-0.4, -0.2) is 29.0 Å². The van der Waals surface area contributed by atoms with E-state index in [4.69, 9.17) is 0 Å². The van der Waals surface area contributed by atoms with E-state index >= 15 is 0 Å². The van der Waals surface area contributed by atoms with Crippen molar-refractivity contribution < 1.29 is 14.6 Å². The van der Waals surface area contributed by atoms with Gasteiger partial charge in [-0.2, -0.15) is 0 Å². The van der Waals surface area contributed by atoms with Crippen LogP contribution >= 0.6 is 11.3 Å². The molecule has 5 heteroatoms. The molecule has 0 saturated carbocycles. The molecule has 0 bridgehead atoms. The number of benzene rings is 1. The molecular formula is C15H18FNO2S. The Kier molecular flexibility index (Phi) is 4.88. The van der Waals surface area contributed by atoms with Crippen molar-refractivity contribution in [2.24, 2.45) is 0 Å². The molecule has 0 aliphatic heterocycles. The highest BCUT2D eigenvalue weighted by atomic mass is 32.1. The fourth-order valence-electron chi connectivity index (χ4n) is 1.78. The van der Waals surface area contributed by atoms with Gasteiger partial charge >= 0.3 is 0 Å². The predicted molar refractivity (Wildman–Crippen MR) is 79.1 cm³/mol. The minimum Gasteiger partial charge on any atom is -0.394 e. The molecule has 3 nitrogen and oxygen atoms in total. The standard InChI is InChI=1S/C15H18FNO2S/c1-15(9-18,10-19)17-8-11-4-5-13(16)12(7-11)14-3-2-6-20-14/h2-7,17-19H,8-10H2,1H3. The van der Waals surface area contributed by atoms with Crippen molar-refractivity contribution in [1.29, 1.82) is 0 Å². The third-order valence-electron chi connectivity index (χ3n) is 3.23. The number of nitrogens with one attached hydrogen (secondary N) is 1. The van der Waals surface area contributed by atoms with E-state index in [1.807, 2.05) is 17.5 Å². The molecule has 1 heterocycles. The first-order valence-electron chi connectivity index (χ1n) is 6.37. The molecule has 0 atom stereocenters. The van der Waals surface area contributed by atoms with Gasteiger partial charge in [-0.05, 0) is 36.1 Å². The van der Waals surface area contributed by atoms with E-state index in [9.17, 15) is 14.6 Å². The van der Waals surface area contributed by atoms with Gasteiger partial charge in [0.15, 0.2) is 0 Å². The molecule has 1 aromatic heterocycles. The normalized spacial score (nSPS) is 11.8. The maximum absolute atomic E-state index is 13.8. The molecule has 2 aromatic rings. The number of halogens is 1. The zero-order valence-corrected chi connectivity index (χ0v) is 12.1. The molecule has 0 fully saturated rings. The molecule has 0 saturated heterocycles. The Morgan fingerprint density at radius 2 is 2.00 bits per heavy atom. The monoisotopic (exact) mass is 295 g/mol. The summed E-state index contributed by atoms with van der Waals surface area (Å²) < 4.78 is 13.8. The molecule has 0 aliphatic carbocycles. The summed E-state index contributed by atoms with van der Waals surface area (Å²) in [6.45, 7) is 1.86.